The van der Waals surface area contributed by atoms with E-state index in [0.29, 0.717) is 11.2 Å². The van der Waals surface area contributed by atoms with Crippen LogP contribution in [0.25, 0.3) is 6.08 Å². The monoisotopic (exact) mass is 306 g/mol. The van der Waals surface area contributed by atoms with Gasteiger partial charge in [0.1, 0.15) is 11.5 Å². The first-order chi connectivity index (χ1) is 10.2. The minimum absolute atomic E-state index is 0.121. The molecule has 6 heteroatoms. The van der Waals surface area contributed by atoms with Gasteiger partial charge in [0.25, 0.3) is 0 Å². The quantitative estimate of drug-likeness (QED) is 0.836. The Hall–Kier alpha value is -1.50. The highest BCUT2D eigenvalue weighted by Gasteiger charge is 2.52. The van der Waals surface area contributed by atoms with Crippen molar-refractivity contribution in [2.75, 3.05) is 13.7 Å². The molecule has 1 aliphatic heterocycles. The Morgan fingerprint density at radius 1 is 1.23 bits per heavy atom. The third kappa shape index (κ3) is 3.14. The molecule has 0 aliphatic carbocycles. The fraction of sp³-hybridized carbons (Fsp3) is 0.500. The zero-order valence-corrected chi connectivity index (χ0v) is 13.7. The lowest BCUT2D eigenvalue weighted by Gasteiger charge is -2.32. The number of phenolic OH excluding ortho intramolecular Hbond substituents is 1. The Morgan fingerprint density at radius 2 is 1.82 bits per heavy atom. The maximum atomic E-state index is 9.69. The molecule has 1 aliphatic rings. The first-order valence-electron chi connectivity index (χ1n) is 7.24. The Morgan fingerprint density at radius 3 is 2.32 bits per heavy atom. The lowest BCUT2D eigenvalue weighted by atomic mass is 9.77. The molecule has 2 N–H and O–H groups in total. The Balaban J connectivity index is 2.34. The maximum Gasteiger partial charge on any atom is 0.492 e. The van der Waals surface area contributed by atoms with Crippen LogP contribution in [0, 0.1) is 0 Å². The van der Waals surface area contributed by atoms with Crippen molar-refractivity contribution < 1.29 is 24.3 Å². The van der Waals surface area contributed by atoms with E-state index in [0.717, 1.165) is 5.56 Å². The summed E-state index contributed by atoms with van der Waals surface area (Å²) in [5.41, 5.74) is 0.400. The highest BCUT2D eigenvalue weighted by Crippen LogP contribution is 2.39. The molecule has 0 aromatic heterocycles. The van der Waals surface area contributed by atoms with E-state index in [1.54, 1.807) is 18.2 Å². The van der Waals surface area contributed by atoms with Crippen molar-refractivity contribution in [1.29, 1.82) is 0 Å². The van der Waals surface area contributed by atoms with Gasteiger partial charge in [-0.05, 0) is 45.3 Å². The number of hydrogen-bond acceptors (Lipinski definition) is 5. The van der Waals surface area contributed by atoms with Gasteiger partial charge in [0.05, 0.1) is 24.9 Å². The molecule has 0 bridgehead atoms. The molecule has 1 heterocycles. The van der Waals surface area contributed by atoms with Gasteiger partial charge >= 0.3 is 7.12 Å². The number of ether oxygens (including phenoxy) is 1. The van der Waals surface area contributed by atoms with Crippen molar-refractivity contribution in [3.05, 3.63) is 29.2 Å². The third-order valence-corrected chi connectivity index (χ3v) is 4.30. The van der Waals surface area contributed by atoms with E-state index in [4.69, 9.17) is 14.0 Å². The molecular formula is C16H23BO5. The molecule has 2 rings (SSSR count). The number of aliphatic hydroxyl groups is 1. The summed E-state index contributed by atoms with van der Waals surface area (Å²) in [5, 5.41) is 19.2. The van der Waals surface area contributed by atoms with Gasteiger partial charge in [-0.3, -0.25) is 0 Å². The minimum Gasteiger partial charge on any atom is -0.508 e. The predicted octanol–water partition coefficient (Wildman–Crippen LogP) is 2.41. The highest BCUT2D eigenvalue weighted by atomic mass is 16.7. The molecule has 0 saturated carbocycles. The molecule has 0 spiro atoms. The van der Waals surface area contributed by atoms with Gasteiger partial charge in [-0.1, -0.05) is 6.08 Å². The molecule has 5 nitrogen and oxygen atoms in total. The van der Waals surface area contributed by atoms with Gasteiger partial charge in [0.2, 0.25) is 0 Å². The smallest absolute Gasteiger partial charge is 0.492 e. The number of aromatic hydroxyl groups is 1. The van der Waals surface area contributed by atoms with Crippen molar-refractivity contribution in [2.45, 2.75) is 38.9 Å². The fourth-order valence-corrected chi connectivity index (χ4v) is 2.20. The molecule has 0 atom stereocenters. The summed E-state index contributed by atoms with van der Waals surface area (Å²) in [6.07, 6.45) is 1.76. The molecule has 1 aromatic carbocycles. The lowest BCUT2D eigenvalue weighted by Crippen LogP contribution is -2.41. The molecule has 0 unspecified atom stereocenters. The van der Waals surface area contributed by atoms with Crippen LogP contribution in [0.4, 0.5) is 0 Å². The van der Waals surface area contributed by atoms with Crippen LogP contribution in [-0.4, -0.2) is 42.3 Å². The zero-order chi connectivity index (χ0) is 16.5. The molecule has 1 aromatic rings. The highest BCUT2D eigenvalue weighted by molar-refractivity contribution is 6.55. The first-order valence-corrected chi connectivity index (χ1v) is 7.24. The summed E-state index contributed by atoms with van der Waals surface area (Å²) in [6, 6.07) is 4.80. The van der Waals surface area contributed by atoms with Crippen molar-refractivity contribution in [2.24, 2.45) is 0 Å². The number of methoxy groups -OCH3 is 1. The van der Waals surface area contributed by atoms with E-state index in [-0.39, 0.29) is 12.4 Å². The van der Waals surface area contributed by atoms with Crippen molar-refractivity contribution in [1.82, 2.24) is 0 Å². The number of benzene rings is 1. The second-order valence-corrected chi connectivity index (χ2v) is 6.39. The van der Waals surface area contributed by atoms with Crippen LogP contribution in [0.15, 0.2) is 23.7 Å². The van der Waals surface area contributed by atoms with Crippen LogP contribution in [0.1, 0.15) is 33.3 Å². The molecular weight excluding hydrogens is 283 g/mol. The second kappa shape index (κ2) is 5.95. The standard InChI is InChI=1S/C16H23BO5/c1-15(2)16(3,4)22-17(21-15)12(10-18)8-11-6-7-13(19)9-14(11)20-5/h6-9,18-19H,10H2,1-5H3. The topological polar surface area (TPSA) is 68.2 Å². The minimum atomic E-state index is -0.617. The molecule has 0 radical (unpaired) electrons. The normalized spacial score (nSPS) is 20.3. The second-order valence-electron chi connectivity index (χ2n) is 6.39. The Kier molecular flexibility index (Phi) is 4.56. The summed E-state index contributed by atoms with van der Waals surface area (Å²) in [5.74, 6) is 0.637. The van der Waals surface area contributed by atoms with Crippen LogP contribution in [0.2, 0.25) is 0 Å². The summed E-state index contributed by atoms with van der Waals surface area (Å²) in [4.78, 5) is 0. The number of hydrogen-bond donors (Lipinski definition) is 2. The molecule has 22 heavy (non-hydrogen) atoms. The van der Waals surface area contributed by atoms with Crippen molar-refractivity contribution in [3.63, 3.8) is 0 Å². The molecule has 0 amide bonds. The third-order valence-electron chi connectivity index (χ3n) is 4.30. The van der Waals surface area contributed by atoms with Crippen LogP contribution < -0.4 is 4.74 Å². The largest absolute Gasteiger partial charge is 0.508 e. The summed E-state index contributed by atoms with van der Waals surface area (Å²) >= 11 is 0. The van der Waals surface area contributed by atoms with E-state index in [1.807, 2.05) is 27.7 Å². The van der Waals surface area contributed by atoms with Gasteiger partial charge in [0, 0.05) is 11.6 Å². The predicted molar refractivity (Wildman–Crippen MR) is 85.8 cm³/mol. The average Bonchev–Trinajstić information content (AvgIpc) is 2.65. The van der Waals surface area contributed by atoms with E-state index >= 15 is 0 Å². The summed E-state index contributed by atoms with van der Waals surface area (Å²) in [7, 11) is 0.910. The van der Waals surface area contributed by atoms with Gasteiger partial charge in [-0.15, -0.1) is 0 Å². The van der Waals surface area contributed by atoms with Crippen LogP contribution >= 0.6 is 0 Å². The van der Waals surface area contributed by atoms with E-state index < -0.39 is 18.3 Å². The number of aliphatic hydroxyl groups excluding tert-OH is 1. The van der Waals surface area contributed by atoms with Crippen molar-refractivity contribution >= 4 is 13.2 Å². The van der Waals surface area contributed by atoms with Gasteiger partial charge in [-0.25, -0.2) is 0 Å². The lowest BCUT2D eigenvalue weighted by molar-refractivity contribution is 0.00578. The first kappa shape index (κ1) is 16.9. The molecule has 1 saturated heterocycles. The molecule has 120 valence electrons. The van der Waals surface area contributed by atoms with E-state index in [9.17, 15) is 10.2 Å². The number of phenols is 1. The van der Waals surface area contributed by atoms with Crippen LogP contribution in [-0.2, 0) is 9.31 Å². The molecule has 1 fully saturated rings. The van der Waals surface area contributed by atoms with Crippen molar-refractivity contribution in [3.8, 4) is 11.5 Å². The average molecular weight is 306 g/mol. The maximum absolute atomic E-state index is 9.69. The number of rotatable bonds is 4. The van der Waals surface area contributed by atoms with E-state index in [1.165, 1.54) is 13.2 Å². The Bertz CT molecular complexity index is 564. The van der Waals surface area contributed by atoms with Crippen LogP contribution in [0.5, 0.6) is 11.5 Å². The van der Waals surface area contributed by atoms with E-state index in [2.05, 4.69) is 0 Å². The summed E-state index contributed by atoms with van der Waals surface area (Å²) in [6.45, 7) is 7.65. The zero-order valence-electron chi connectivity index (χ0n) is 13.7. The fourth-order valence-electron chi connectivity index (χ4n) is 2.20. The summed E-state index contributed by atoms with van der Waals surface area (Å²) < 4.78 is 17.1. The Labute approximate surface area is 131 Å². The van der Waals surface area contributed by atoms with Gasteiger partial charge in [-0.2, -0.15) is 0 Å². The van der Waals surface area contributed by atoms with Crippen LogP contribution in [0.3, 0.4) is 0 Å². The SMILES string of the molecule is COc1cc(O)ccc1C=C(CO)B1OC(C)(C)C(C)(C)O1. The van der Waals surface area contributed by atoms with Gasteiger partial charge < -0.3 is 24.3 Å². The van der Waals surface area contributed by atoms with Gasteiger partial charge in [0.15, 0.2) is 0 Å².